The zero-order valence-corrected chi connectivity index (χ0v) is 11.3. The molecule has 4 heteroatoms. The Kier molecular flexibility index (Phi) is 4.13. The normalized spacial score (nSPS) is 29.9. The van der Waals surface area contributed by atoms with E-state index in [4.69, 9.17) is 0 Å². The van der Waals surface area contributed by atoms with Crippen molar-refractivity contribution in [2.24, 2.45) is 17.8 Å². The van der Waals surface area contributed by atoms with Crippen LogP contribution < -0.4 is 0 Å². The lowest BCUT2D eigenvalue weighted by atomic mass is 10.00. The molecular formula is C13H21NO2S. The van der Waals surface area contributed by atoms with Gasteiger partial charge in [-0.3, -0.25) is 14.5 Å². The van der Waals surface area contributed by atoms with Crippen LogP contribution in [0.25, 0.3) is 0 Å². The molecule has 0 N–H and O–H groups in total. The minimum Gasteiger partial charge on any atom is -0.282 e. The second kappa shape index (κ2) is 5.42. The number of carbonyl (C=O) groups is 2. The van der Waals surface area contributed by atoms with E-state index >= 15 is 0 Å². The van der Waals surface area contributed by atoms with Gasteiger partial charge in [-0.25, -0.2) is 0 Å². The fraction of sp³-hybridized carbons (Fsp3) is 0.846. The fourth-order valence-electron chi connectivity index (χ4n) is 3.15. The summed E-state index contributed by atoms with van der Waals surface area (Å²) in [6.45, 7) is 2.71. The molecular weight excluding hydrogens is 234 g/mol. The van der Waals surface area contributed by atoms with E-state index in [1.54, 1.807) is 0 Å². The summed E-state index contributed by atoms with van der Waals surface area (Å²) in [5, 5.41) is 0. The molecule has 3 nitrogen and oxygen atoms in total. The molecule has 2 rings (SSSR count). The minimum absolute atomic E-state index is 0.00435. The molecule has 0 bridgehead atoms. The number of rotatable bonds is 5. The lowest BCUT2D eigenvalue weighted by Crippen LogP contribution is -2.36. The molecule has 2 aliphatic rings. The number of hydrogen-bond donors (Lipinski definition) is 1. The number of likely N-dealkylation sites (tertiary alicyclic amines) is 1. The monoisotopic (exact) mass is 255 g/mol. The molecule has 0 radical (unpaired) electrons. The van der Waals surface area contributed by atoms with Gasteiger partial charge in [0.2, 0.25) is 11.8 Å². The van der Waals surface area contributed by atoms with Gasteiger partial charge in [-0.1, -0.05) is 19.8 Å². The summed E-state index contributed by atoms with van der Waals surface area (Å²) in [6, 6.07) is 0. The van der Waals surface area contributed by atoms with Gasteiger partial charge in [0.25, 0.3) is 0 Å². The molecule has 1 aliphatic heterocycles. The molecule has 1 saturated carbocycles. The number of thiol groups is 1. The smallest absolute Gasteiger partial charge is 0.233 e. The van der Waals surface area contributed by atoms with Crippen LogP contribution in [0.15, 0.2) is 0 Å². The zero-order chi connectivity index (χ0) is 12.4. The Morgan fingerprint density at radius 3 is 2.35 bits per heavy atom. The molecule has 3 atom stereocenters. The Morgan fingerprint density at radius 2 is 1.88 bits per heavy atom. The van der Waals surface area contributed by atoms with Crippen molar-refractivity contribution in [3.8, 4) is 0 Å². The van der Waals surface area contributed by atoms with Crippen LogP contribution >= 0.6 is 12.6 Å². The summed E-state index contributed by atoms with van der Waals surface area (Å²) in [5.41, 5.74) is 0. The van der Waals surface area contributed by atoms with E-state index in [1.165, 1.54) is 4.90 Å². The molecule has 1 heterocycles. The van der Waals surface area contributed by atoms with E-state index in [2.05, 4.69) is 19.6 Å². The second-order valence-corrected chi connectivity index (χ2v) is 5.63. The molecule has 1 aliphatic carbocycles. The Labute approximate surface area is 108 Å². The van der Waals surface area contributed by atoms with Crippen molar-refractivity contribution in [3.05, 3.63) is 0 Å². The highest BCUT2D eigenvalue weighted by molar-refractivity contribution is 7.80. The van der Waals surface area contributed by atoms with Gasteiger partial charge in [-0.2, -0.15) is 12.6 Å². The van der Waals surface area contributed by atoms with Crippen molar-refractivity contribution < 1.29 is 9.59 Å². The number of carbonyl (C=O) groups excluding carboxylic acids is 2. The van der Waals surface area contributed by atoms with Crippen LogP contribution in [-0.2, 0) is 9.59 Å². The van der Waals surface area contributed by atoms with Gasteiger partial charge in [0, 0.05) is 6.54 Å². The molecule has 0 spiro atoms. The first-order valence-electron chi connectivity index (χ1n) is 6.65. The van der Waals surface area contributed by atoms with Gasteiger partial charge in [0.05, 0.1) is 11.8 Å². The van der Waals surface area contributed by atoms with Gasteiger partial charge < -0.3 is 0 Å². The van der Waals surface area contributed by atoms with Crippen LogP contribution in [-0.4, -0.2) is 29.0 Å². The molecule has 3 unspecified atom stereocenters. The quantitative estimate of drug-likeness (QED) is 0.603. The topological polar surface area (TPSA) is 37.4 Å². The van der Waals surface area contributed by atoms with Gasteiger partial charge in [-0.15, -0.1) is 0 Å². The van der Waals surface area contributed by atoms with Crippen molar-refractivity contribution >= 4 is 24.4 Å². The predicted molar refractivity (Wildman–Crippen MR) is 69.8 cm³/mol. The summed E-state index contributed by atoms with van der Waals surface area (Å²) in [4.78, 5) is 25.8. The zero-order valence-electron chi connectivity index (χ0n) is 10.4. The summed E-state index contributed by atoms with van der Waals surface area (Å²) < 4.78 is 0. The van der Waals surface area contributed by atoms with Crippen molar-refractivity contribution in [3.63, 3.8) is 0 Å². The maximum atomic E-state index is 12.1. The largest absolute Gasteiger partial charge is 0.282 e. The Morgan fingerprint density at radius 1 is 1.29 bits per heavy atom. The first kappa shape index (κ1) is 12.9. The maximum Gasteiger partial charge on any atom is 0.233 e. The predicted octanol–water partition coefficient (Wildman–Crippen LogP) is 2.12. The molecule has 2 fully saturated rings. The highest BCUT2D eigenvalue weighted by Crippen LogP contribution is 2.40. The average molecular weight is 255 g/mol. The summed E-state index contributed by atoms with van der Waals surface area (Å²) in [6.07, 6.45) is 4.96. The van der Waals surface area contributed by atoms with Crippen LogP contribution in [0.2, 0.25) is 0 Å². The molecule has 0 aromatic carbocycles. The first-order chi connectivity index (χ1) is 8.19. The Bertz CT molecular complexity index is 297. The van der Waals surface area contributed by atoms with Crippen molar-refractivity contribution in [1.29, 1.82) is 0 Å². The maximum absolute atomic E-state index is 12.1. The number of amides is 2. The van der Waals surface area contributed by atoms with Crippen LogP contribution in [0.5, 0.6) is 0 Å². The van der Waals surface area contributed by atoms with Crippen molar-refractivity contribution in [2.75, 3.05) is 12.3 Å². The van der Waals surface area contributed by atoms with Crippen LogP contribution in [0.3, 0.4) is 0 Å². The summed E-state index contributed by atoms with van der Waals surface area (Å²) in [7, 11) is 0. The van der Waals surface area contributed by atoms with E-state index < -0.39 is 0 Å². The SMILES string of the molecule is CCCC(CS)CN1C(=O)C2CCCC2C1=O. The average Bonchev–Trinajstić information content (AvgIpc) is 2.88. The standard InChI is InChI=1S/C13H21NO2S/c1-2-4-9(8-17)7-14-12(15)10-5-3-6-11(10)13(14)16/h9-11,17H,2-8H2,1H3. The number of hydrogen-bond acceptors (Lipinski definition) is 3. The third-order valence-corrected chi connectivity index (χ3v) is 4.59. The molecule has 1 saturated heterocycles. The highest BCUT2D eigenvalue weighted by Gasteiger charge is 2.49. The third-order valence-electron chi connectivity index (χ3n) is 4.08. The second-order valence-electron chi connectivity index (χ2n) is 5.27. The number of nitrogens with zero attached hydrogens (tertiary/aromatic N) is 1. The van der Waals surface area contributed by atoms with Gasteiger partial charge >= 0.3 is 0 Å². The minimum atomic E-state index is 0.00435. The van der Waals surface area contributed by atoms with E-state index in [-0.39, 0.29) is 23.7 Å². The molecule has 96 valence electrons. The van der Waals surface area contributed by atoms with Crippen LogP contribution in [0, 0.1) is 17.8 Å². The number of fused-ring (bicyclic) bond motifs is 1. The van der Waals surface area contributed by atoms with E-state index in [0.29, 0.717) is 12.5 Å². The third kappa shape index (κ3) is 2.37. The first-order valence-corrected chi connectivity index (χ1v) is 7.28. The van der Waals surface area contributed by atoms with E-state index in [9.17, 15) is 9.59 Å². The van der Waals surface area contributed by atoms with Crippen LogP contribution in [0.4, 0.5) is 0 Å². The number of imide groups is 1. The lowest BCUT2D eigenvalue weighted by Gasteiger charge is -2.21. The summed E-state index contributed by atoms with van der Waals surface area (Å²) >= 11 is 4.31. The van der Waals surface area contributed by atoms with Crippen molar-refractivity contribution in [1.82, 2.24) is 4.90 Å². The fourth-order valence-corrected chi connectivity index (χ4v) is 3.44. The van der Waals surface area contributed by atoms with Gasteiger partial charge in [-0.05, 0) is 30.9 Å². The summed E-state index contributed by atoms with van der Waals surface area (Å²) in [5.74, 6) is 1.28. The molecule has 0 aromatic heterocycles. The highest BCUT2D eigenvalue weighted by atomic mass is 32.1. The van der Waals surface area contributed by atoms with Gasteiger partial charge in [0.1, 0.15) is 0 Å². The lowest BCUT2D eigenvalue weighted by molar-refractivity contribution is -0.141. The van der Waals surface area contributed by atoms with Crippen LogP contribution in [0.1, 0.15) is 39.0 Å². The molecule has 17 heavy (non-hydrogen) atoms. The Hall–Kier alpha value is -0.510. The van der Waals surface area contributed by atoms with E-state index in [0.717, 1.165) is 37.9 Å². The Balaban J connectivity index is 2.01. The molecule has 2 amide bonds. The van der Waals surface area contributed by atoms with Gasteiger partial charge in [0.15, 0.2) is 0 Å². The van der Waals surface area contributed by atoms with Crippen molar-refractivity contribution in [2.45, 2.75) is 39.0 Å². The molecule has 0 aromatic rings. The van der Waals surface area contributed by atoms with E-state index in [1.807, 2.05) is 0 Å².